The van der Waals surface area contributed by atoms with Gasteiger partial charge in [0.05, 0.1) is 11.7 Å². The lowest BCUT2D eigenvalue weighted by molar-refractivity contribution is -0.138. The van der Waals surface area contributed by atoms with Crippen molar-refractivity contribution in [1.29, 1.82) is 0 Å². The molecular formula is C21H26F3N5O3. The Hall–Kier alpha value is -2.82. The first-order chi connectivity index (χ1) is 15.3. The first-order valence-corrected chi connectivity index (χ1v) is 10.7. The standard InChI is InChI=1S/C21H26F3N5O3/c22-21(23,24)15-11-14(8-7-13(15)6-5-12-3-1-2-4-12)18-26-19(32-28-18)17-16(30)9-10-29(17)20(25)27-31/h7-8,11-12,16-17,30-31H,1-6,9-10H2,(H2,25,27)/t16-,17-/m0/s1. The topological polar surface area (TPSA) is 121 Å². The van der Waals surface area contributed by atoms with Gasteiger partial charge >= 0.3 is 6.18 Å². The van der Waals surface area contributed by atoms with Crippen molar-refractivity contribution in [2.24, 2.45) is 16.8 Å². The third-order valence-electron chi connectivity index (χ3n) is 6.43. The summed E-state index contributed by atoms with van der Waals surface area (Å²) in [4.78, 5) is 5.60. The second kappa shape index (κ2) is 8.97. The molecule has 1 saturated heterocycles. The smallest absolute Gasteiger partial charge is 0.408 e. The highest BCUT2D eigenvalue weighted by Crippen LogP contribution is 2.37. The van der Waals surface area contributed by atoms with Crippen molar-refractivity contribution in [3.05, 3.63) is 35.2 Å². The zero-order chi connectivity index (χ0) is 22.9. The number of nitrogens with zero attached hydrogens (tertiary/aromatic N) is 4. The number of aliphatic hydroxyl groups is 1. The number of guanidine groups is 1. The fraction of sp³-hybridized carbons (Fsp3) is 0.571. The molecule has 0 unspecified atom stereocenters. The van der Waals surface area contributed by atoms with Gasteiger partial charge in [-0.3, -0.25) is 0 Å². The van der Waals surface area contributed by atoms with E-state index in [1.165, 1.54) is 11.0 Å². The number of aromatic nitrogens is 2. The van der Waals surface area contributed by atoms with Crippen LogP contribution in [0.25, 0.3) is 11.4 Å². The quantitative estimate of drug-likeness (QED) is 0.273. The molecule has 2 aliphatic rings. The Morgan fingerprint density at radius 1 is 1.25 bits per heavy atom. The van der Waals surface area contributed by atoms with Gasteiger partial charge in [0, 0.05) is 12.1 Å². The summed E-state index contributed by atoms with van der Waals surface area (Å²) in [6.07, 6.45) is 0.508. The van der Waals surface area contributed by atoms with E-state index in [-0.39, 0.29) is 28.8 Å². The Morgan fingerprint density at radius 3 is 2.69 bits per heavy atom. The highest BCUT2D eigenvalue weighted by atomic mass is 19.4. The summed E-state index contributed by atoms with van der Waals surface area (Å²) in [6.45, 7) is 0.299. The van der Waals surface area contributed by atoms with Crippen LogP contribution in [0, 0.1) is 5.92 Å². The van der Waals surface area contributed by atoms with Crippen molar-refractivity contribution in [3.63, 3.8) is 0 Å². The van der Waals surface area contributed by atoms with Gasteiger partial charge in [0.2, 0.25) is 11.8 Å². The van der Waals surface area contributed by atoms with Crippen LogP contribution in [0.5, 0.6) is 0 Å². The fourth-order valence-electron chi connectivity index (χ4n) is 4.72. The molecule has 1 aliphatic carbocycles. The first kappa shape index (κ1) is 22.4. The minimum atomic E-state index is -4.50. The molecule has 4 rings (SSSR count). The Kier molecular flexibility index (Phi) is 6.27. The maximum absolute atomic E-state index is 13.8. The number of hydrogen-bond acceptors (Lipinski definition) is 6. The Labute approximate surface area is 182 Å². The molecule has 11 heteroatoms. The normalized spacial score (nSPS) is 22.8. The van der Waals surface area contributed by atoms with Crippen LogP contribution in [0.3, 0.4) is 0 Å². The lowest BCUT2D eigenvalue weighted by Crippen LogP contribution is -2.38. The molecule has 1 saturated carbocycles. The Bertz CT molecular complexity index is 972. The first-order valence-electron chi connectivity index (χ1n) is 10.7. The summed E-state index contributed by atoms with van der Waals surface area (Å²) in [6, 6.07) is 3.24. The van der Waals surface area contributed by atoms with Crippen LogP contribution in [0.2, 0.25) is 0 Å². The number of alkyl halides is 3. The molecule has 174 valence electrons. The number of benzene rings is 1. The van der Waals surface area contributed by atoms with E-state index in [0.29, 0.717) is 25.3 Å². The molecule has 2 fully saturated rings. The van der Waals surface area contributed by atoms with Crippen molar-refractivity contribution in [1.82, 2.24) is 15.0 Å². The molecule has 1 aliphatic heterocycles. The van der Waals surface area contributed by atoms with Crippen LogP contribution < -0.4 is 5.73 Å². The van der Waals surface area contributed by atoms with Crippen LogP contribution in [0.15, 0.2) is 27.9 Å². The predicted molar refractivity (Wildman–Crippen MR) is 108 cm³/mol. The van der Waals surface area contributed by atoms with Gasteiger partial charge in [-0.2, -0.15) is 18.2 Å². The summed E-state index contributed by atoms with van der Waals surface area (Å²) < 4.78 is 46.5. The fourth-order valence-corrected chi connectivity index (χ4v) is 4.72. The summed E-state index contributed by atoms with van der Waals surface area (Å²) in [5.74, 6) is 0.227. The monoisotopic (exact) mass is 453 g/mol. The minimum absolute atomic E-state index is 0.0181. The maximum Gasteiger partial charge on any atom is 0.416 e. The average Bonchev–Trinajstić information content (AvgIpc) is 3.51. The molecule has 1 aromatic heterocycles. The largest absolute Gasteiger partial charge is 0.416 e. The van der Waals surface area contributed by atoms with E-state index in [9.17, 15) is 18.3 Å². The summed E-state index contributed by atoms with van der Waals surface area (Å²) in [5.41, 5.74) is 5.38. The SMILES string of the molecule is N/C(=N\O)N1CC[C@H](O)[C@H]1c1nc(-c2ccc(CCC3CCCC3)c(C(F)(F)F)c2)no1. The Morgan fingerprint density at radius 2 is 2.00 bits per heavy atom. The second-order valence-corrected chi connectivity index (χ2v) is 8.47. The molecule has 0 amide bonds. The van der Waals surface area contributed by atoms with Gasteiger partial charge in [-0.05, 0) is 36.8 Å². The molecular weight excluding hydrogens is 427 g/mol. The molecule has 2 aromatic rings. The van der Waals surface area contributed by atoms with Crippen molar-refractivity contribution < 1.29 is 28.0 Å². The number of nitrogens with two attached hydrogens (primary N) is 1. The van der Waals surface area contributed by atoms with E-state index in [1.807, 2.05) is 0 Å². The summed E-state index contributed by atoms with van der Waals surface area (Å²) in [7, 11) is 0. The molecule has 2 atom stereocenters. The minimum Gasteiger partial charge on any atom is -0.408 e. The number of hydrogen-bond donors (Lipinski definition) is 3. The van der Waals surface area contributed by atoms with Gasteiger partial charge < -0.3 is 25.5 Å². The van der Waals surface area contributed by atoms with Gasteiger partial charge in [-0.15, -0.1) is 0 Å². The van der Waals surface area contributed by atoms with Gasteiger partial charge in [0.15, 0.2) is 0 Å². The molecule has 2 heterocycles. The van der Waals surface area contributed by atoms with Gasteiger partial charge in [-0.1, -0.05) is 48.1 Å². The maximum atomic E-state index is 13.8. The lowest BCUT2D eigenvalue weighted by atomic mass is 9.94. The zero-order valence-electron chi connectivity index (χ0n) is 17.4. The highest BCUT2D eigenvalue weighted by Gasteiger charge is 2.40. The third-order valence-corrected chi connectivity index (χ3v) is 6.43. The number of likely N-dealkylation sites (tertiary alicyclic amines) is 1. The highest BCUT2D eigenvalue weighted by molar-refractivity contribution is 5.78. The second-order valence-electron chi connectivity index (χ2n) is 8.47. The molecule has 0 radical (unpaired) electrons. The van der Waals surface area contributed by atoms with E-state index < -0.39 is 23.9 Å². The van der Waals surface area contributed by atoms with E-state index in [4.69, 9.17) is 15.5 Å². The molecule has 0 bridgehead atoms. The molecule has 8 nitrogen and oxygen atoms in total. The average molecular weight is 453 g/mol. The number of rotatable bonds is 5. The third kappa shape index (κ3) is 4.52. The Balaban J connectivity index is 1.59. The molecule has 1 aromatic carbocycles. The van der Waals surface area contributed by atoms with Crippen LogP contribution in [-0.2, 0) is 12.6 Å². The molecule has 4 N–H and O–H groups in total. The van der Waals surface area contributed by atoms with Crippen molar-refractivity contribution in [2.75, 3.05) is 6.54 Å². The number of halogens is 3. The zero-order valence-corrected chi connectivity index (χ0v) is 17.4. The van der Waals surface area contributed by atoms with Crippen LogP contribution in [0.4, 0.5) is 13.2 Å². The van der Waals surface area contributed by atoms with Crippen molar-refractivity contribution in [3.8, 4) is 11.4 Å². The van der Waals surface area contributed by atoms with E-state index in [2.05, 4.69) is 15.3 Å². The van der Waals surface area contributed by atoms with Crippen LogP contribution >= 0.6 is 0 Å². The van der Waals surface area contributed by atoms with Crippen molar-refractivity contribution in [2.45, 2.75) is 63.3 Å². The number of oxime groups is 1. The predicted octanol–water partition coefficient (Wildman–Crippen LogP) is 3.69. The van der Waals surface area contributed by atoms with Gasteiger partial charge in [0.25, 0.3) is 5.89 Å². The van der Waals surface area contributed by atoms with Crippen LogP contribution in [0.1, 0.15) is 61.6 Å². The summed E-state index contributed by atoms with van der Waals surface area (Å²) >= 11 is 0. The number of aryl methyl sites for hydroxylation is 1. The lowest BCUT2D eigenvalue weighted by Gasteiger charge is -2.22. The number of aliphatic hydroxyl groups excluding tert-OH is 1. The van der Waals surface area contributed by atoms with Gasteiger partial charge in [0.1, 0.15) is 6.04 Å². The van der Waals surface area contributed by atoms with Crippen molar-refractivity contribution >= 4 is 5.96 Å². The van der Waals surface area contributed by atoms with Gasteiger partial charge in [-0.25, -0.2) is 0 Å². The van der Waals surface area contributed by atoms with E-state index in [1.54, 1.807) is 6.07 Å². The molecule has 0 spiro atoms. The molecule has 32 heavy (non-hydrogen) atoms. The van der Waals surface area contributed by atoms with E-state index >= 15 is 0 Å². The summed E-state index contributed by atoms with van der Waals surface area (Å²) in [5, 5.41) is 26.0. The van der Waals surface area contributed by atoms with E-state index in [0.717, 1.165) is 38.2 Å². The van der Waals surface area contributed by atoms with Crippen LogP contribution in [-0.4, -0.2) is 44.0 Å².